The van der Waals surface area contributed by atoms with E-state index in [4.69, 9.17) is 0 Å². The molecule has 0 atom stereocenters. The first-order chi connectivity index (χ1) is 9.30. The van der Waals surface area contributed by atoms with Crippen LogP contribution in [0.5, 0.6) is 0 Å². The SMILES string of the molecule is C=C.C=C(C)C(=O)OCC.C=CS(=O)(=O)NCCCC. The van der Waals surface area contributed by atoms with Crippen LogP contribution >= 0.6 is 0 Å². The van der Waals surface area contributed by atoms with Crippen LogP contribution in [0, 0.1) is 0 Å². The molecule has 0 rings (SSSR count). The molecule has 0 radical (unpaired) electrons. The zero-order valence-electron chi connectivity index (χ0n) is 12.8. The zero-order chi connectivity index (χ0) is 16.6. The van der Waals surface area contributed by atoms with Crippen LogP contribution in [0.4, 0.5) is 0 Å². The summed E-state index contributed by atoms with van der Waals surface area (Å²) in [6, 6.07) is 0. The first-order valence-corrected chi connectivity index (χ1v) is 7.80. The molecule has 0 amide bonds. The summed E-state index contributed by atoms with van der Waals surface area (Å²) in [5.74, 6) is -0.312. The van der Waals surface area contributed by atoms with Crippen LogP contribution in [0.15, 0.2) is 37.3 Å². The van der Waals surface area contributed by atoms with Gasteiger partial charge >= 0.3 is 5.97 Å². The van der Waals surface area contributed by atoms with Crippen LogP contribution in [0.25, 0.3) is 0 Å². The minimum Gasteiger partial charge on any atom is -0.463 e. The number of nitrogens with one attached hydrogen (secondary N) is 1. The summed E-state index contributed by atoms with van der Waals surface area (Å²) < 4.78 is 28.2. The molecular formula is C14H27NO4S. The molecular weight excluding hydrogens is 278 g/mol. The highest BCUT2D eigenvalue weighted by Gasteiger charge is 1.99. The number of carbonyl (C=O) groups is 1. The predicted molar refractivity (Wildman–Crippen MR) is 84.7 cm³/mol. The Morgan fingerprint density at radius 1 is 1.30 bits per heavy atom. The summed E-state index contributed by atoms with van der Waals surface area (Å²) in [5, 5.41) is 0.919. The molecule has 0 aliphatic carbocycles. The number of hydrogen-bond donors (Lipinski definition) is 1. The van der Waals surface area contributed by atoms with Crippen molar-refractivity contribution in [1.29, 1.82) is 0 Å². The molecule has 0 fully saturated rings. The minimum absolute atomic E-state index is 0.312. The number of hydrogen-bond acceptors (Lipinski definition) is 4. The zero-order valence-corrected chi connectivity index (χ0v) is 13.6. The smallest absolute Gasteiger partial charge is 0.333 e. The van der Waals surface area contributed by atoms with Gasteiger partial charge in [0.1, 0.15) is 0 Å². The van der Waals surface area contributed by atoms with E-state index in [9.17, 15) is 13.2 Å². The van der Waals surface area contributed by atoms with Gasteiger partial charge in [-0.1, -0.05) is 26.5 Å². The molecule has 6 heteroatoms. The first kappa shape index (κ1) is 23.7. The fraction of sp³-hybridized carbons (Fsp3) is 0.500. The van der Waals surface area contributed by atoms with E-state index >= 15 is 0 Å². The Labute approximate surface area is 123 Å². The van der Waals surface area contributed by atoms with Crippen molar-refractivity contribution in [3.05, 3.63) is 37.3 Å². The molecule has 0 unspecified atom stereocenters. The Morgan fingerprint density at radius 3 is 2.05 bits per heavy atom. The third-order valence-corrected chi connectivity index (χ3v) is 2.72. The number of esters is 1. The van der Waals surface area contributed by atoms with Crippen LogP contribution in [0.1, 0.15) is 33.6 Å². The van der Waals surface area contributed by atoms with Crippen molar-refractivity contribution in [2.75, 3.05) is 13.2 Å². The number of unbranched alkanes of at least 4 members (excludes halogenated alkanes) is 1. The maximum absolute atomic E-state index is 10.6. The van der Waals surface area contributed by atoms with Gasteiger partial charge in [0.25, 0.3) is 0 Å². The van der Waals surface area contributed by atoms with E-state index in [0.29, 0.717) is 18.7 Å². The van der Waals surface area contributed by atoms with E-state index in [-0.39, 0.29) is 5.97 Å². The number of sulfonamides is 1. The van der Waals surface area contributed by atoms with Gasteiger partial charge in [-0.25, -0.2) is 17.9 Å². The van der Waals surface area contributed by atoms with Gasteiger partial charge in [0.2, 0.25) is 10.0 Å². The molecule has 0 bridgehead atoms. The lowest BCUT2D eigenvalue weighted by atomic mass is 10.3. The molecule has 0 aliphatic rings. The third kappa shape index (κ3) is 19.0. The van der Waals surface area contributed by atoms with Crippen molar-refractivity contribution in [2.45, 2.75) is 33.6 Å². The van der Waals surface area contributed by atoms with Crippen molar-refractivity contribution < 1.29 is 17.9 Å². The van der Waals surface area contributed by atoms with Crippen LogP contribution in [0.2, 0.25) is 0 Å². The molecule has 0 saturated carbocycles. The molecule has 0 aromatic heterocycles. The minimum atomic E-state index is -3.18. The lowest BCUT2D eigenvalue weighted by molar-refractivity contribution is -0.138. The Bertz CT molecular complexity index is 375. The monoisotopic (exact) mass is 305 g/mol. The van der Waals surface area contributed by atoms with Gasteiger partial charge in [0.05, 0.1) is 6.61 Å². The summed E-state index contributed by atoms with van der Waals surface area (Å²) in [4.78, 5) is 10.4. The molecule has 0 aliphatic heterocycles. The van der Waals surface area contributed by atoms with Gasteiger partial charge in [-0.05, 0) is 20.3 Å². The van der Waals surface area contributed by atoms with Crippen molar-refractivity contribution in [2.24, 2.45) is 0 Å². The Balaban J connectivity index is -0.000000262. The van der Waals surface area contributed by atoms with E-state index in [2.05, 4.69) is 35.8 Å². The Morgan fingerprint density at radius 2 is 1.80 bits per heavy atom. The first-order valence-electron chi connectivity index (χ1n) is 6.25. The van der Waals surface area contributed by atoms with Crippen molar-refractivity contribution in [3.63, 3.8) is 0 Å². The van der Waals surface area contributed by atoms with Crippen molar-refractivity contribution in [3.8, 4) is 0 Å². The quantitative estimate of drug-likeness (QED) is 0.340. The maximum atomic E-state index is 10.6. The average Bonchev–Trinajstić information content (AvgIpc) is 2.42. The molecule has 5 nitrogen and oxygen atoms in total. The third-order valence-electron chi connectivity index (χ3n) is 1.68. The van der Waals surface area contributed by atoms with E-state index in [0.717, 1.165) is 18.2 Å². The van der Waals surface area contributed by atoms with E-state index in [1.54, 1.807) is 13.8 Å². The molecule has 0 aromatic rings. The standard InChI is InChI=1S/C6H13NO2S.C6H10O2.C2H4/c1-3-5-6-7-10(8,9)4-2;1-4-8-6(7)5(2)3;1-2/h4,7H,2-3,5-6H2,1H3;2,4H2,1,3H3;1-2H2. The Hall–Kier alpha value is -1.40. The van der Waals surface area contributed by atoms with Crippen LogP contribution in [-0.4, -0.2) is 27.5 Å². The topological polar surface area (TPSA) is 72.5 Å². The summed E-state index contributed by atoms with van der Waals surface area (Å²) in [5.41, 5.74) is 0.451. The van der Waals surface area contributed by atoms with Gasteiger partial charge in [-0.2, -0.15) is 0 Å². The molecule has 20 heavy (non-hydrogen) atoms. The second-order valence-electron chi connectivity index (χ2n) is 3.46. The summed E-state index contributed by atoms with van der Waals surface area (Å²) in [6.07, 6.45) is 1.85. The largest absolute Gasteiger partial charge is 0.463 e. The van der Waals surface area contributed by atoms with Gasteiger partial charge in [0.15, 0.2) is 0 Å². The normalized spacial score (nSPS) is 9.15. The number of ether oxygens (including phenoxy) is 1. The van der Waals surface area contributed by atoms with Gasteiger partial charge in [-0.3, -0.25) is 0 Å². The summed E-state index contributed by atoms with van der Waals surface area (Å²) >= 11 is 0. The Kier molecular flexibility index (Phi) is 18.5. The van der Waals surface area contributed by atoms with Crippen LogP contribution < -0.4 is 4.72 Å². The van der Waals surface area contributed by atoms with Gasteiger partial charge < -0.3 is 4.74 Å². The lowest BCUT2D eigenvalue weighted by Gasteiger charge is -1.98. The molecule has 118 valence electrons. The highest BCUT2D eigenvalue weighted by atomic mass is 32.2. The number of carbonyl (C=O) groups excluding carboxylic acids is 1. The second-order valence-corrected chi connectivity index (χ2v) is 5.17. The average molecular weight is 305 g/mol. The molecule has 0 heterocycles. The lowest BCUT2D eigenvalue weighted by Crippen LogP contribution is -2.21. The predicted octanol–water partition coefficient (Wildman–Crippen LogP) is 2.78. The van der Waals surface area contributed by atoms with Gasteiger partial charge in [-0.15, -0.1) is 13.2 Å². The van der Waals surface area contributed by atoms with Crippen molar-refractivity contribution >= 4 is 16.0 Å². The summed E-state index contributed by atoms with van der Waals surface area (Å²) in [6.45, 7) is 18.9. The van der Waals surface area contributed by atoms with Crippen LogP contribution in [-0.2, 0) is 19.6 Å². The van der Waals surface area contributed by atoms with Crippen LogP contribution in [0.3, 0.4) is 0 Å². The van der Waals surface area contributed by atoms with E-state index in [1.165, 1.54) is 0 Å². The number of rotatable bonds is 7. The molecule has 0 saturated heterocycles. The molecule has 0 spiro atoms. The molecule has 0 aromatic carbocycles. The van der Waals surface area contributed by atoms with Gasteiger partial charge in [0, 0.05) is 17.5 Å². The molecule has 1 N–H and O–H groups in total. The fourth-order valence-electron chi connectivity index (χ4n) is 0.704. The van der Waals surface area contributed by atoms with E-state index < -0.39 is 10.0 Å². The van der Waals surface area contributed by atoms with E-state index in [1.807, 2.05) is 6.92 Å². The fourth-order valence-corrected chi connectivity index (χ4v) is 1.25. The summed E-state index contributed by atoms with van der Waals surface area (Å²) in [7, 11) is -3.18. The maximum Gasteiger partial charge on any atom is 0.333 e. The second kappa shape index (κ2) is 15.7. The van der Waals surface area contributed by atoms with Crippen molar-refractivity contribution in [1.82, 2.24) is 4.72 Å². The highest BCUT2D eigenvalue weighted by molar-refractivity contribution is 7.92. The highest BCUT2D eigenvalue weighted by Crippen LogP contribution is 1.89.